The number of hydrogen-bond acceptors (Lipinski definition) is 4. The molecule has 0 radical (unpaired) electrons. The summed E-state index contributed by atoms with van der Waals surface area (Å²) in [6.45, 7) is 4.16. The summed E-state index contributed by atoms with van der Waals surface area (Å²) in [6.07, 6.45) is 3.77. The van der Waals surface area contributed by atoms with E-state index < -0.39 is 0 Å². The molecule has 0 aliphatic heterocycles. The highest BCUT2D eigenvalue weighted by Crippen LogP contribution is 2.33. The molecule has 0 bridgehead atoms. The monoisotopic (exact) mass is 257 g/mol. The lowest BCUT2D eigenvalue weighted by Gasteiger charge is -2.07. The fourth-order valence-corrected chi connectivity index (χ4v) is 2.48. The van der Waals surface area contributed by atoms with Gasteiger partial charge >= 0.3 is 0 Å². The molecule has 0 aliphatic rings. The number of pyridine rings is 1. The molecule has 0 atom stereocenters. The van der Waals surface area contributed by atoms with Gasteiger partial charge in [-0.25, -0.2) is 4.98 Å². The van der Waals surface area contributed by atoms with Crippen LogP contribution in [0.15, 0.2) is 51.7 Å². The van der Waals surface area contributed by atoms with Crippen molar-refractivity contribution in [2.24, 2.45) is 10.2 Å². The number of aromatic nitrogens is 1. The van der Waals surface area contributed by atoms with Gasteiger partial charge in [-0.1, -0.05) is 12.1 Å². The summed E-state index contributed by atoms with van der Waals surface area (Å²) >= 11 is 1.69. The van der Waals surface area contributed by atoms with Gasteiger partial charge in [0.1, 0.15) is 0 Å². The molecule has 0 fully saturated rings. The van der Waals surface area contributed by atoms with Crippen LogP contribution in [0, 0.1) is 13.8 Å². The van der Waals surface area contributed by atoms with Crippen LogP contribution in [0.5, 0.6) is 0 Å². The third-order valence-electron chi connectivity index (χ3n) is 2.51. The first-order valence-electron chi connectivity index (χ1n) is 5.68. The van der Waals surface area contributed by atoms with E-state index in [0.717, 1.165) is 5.69 Å². The van der Waals surface area contributed by atoms with Gasteiger partial charge in [0, 0.05) is 11.1 Å². The molecule has 0 N–H and O–H groups in total. The van der Waals surface area contributed by atoms with Gasteiger partial charge in [-0.15, -0.1) is 22.0 Å². The van der Waals surface area contributed by atoms with Crippen LogP contribution in [0.1, 0.15) is 11.1 Å². The van der Waals surface area contributed by atoms with Gasteiger partial charge in [-0.05, 0) is 49.4 Å². The number of nitrogens with zero attached hydrogens (tertiary/aromatic N) is 3. The molecule has 0 unspecified atom stereocenters. The zero-order chi connectivity index (χ0) is 13.0. The number of hydrogen-bond donors (Lipinski definition) is 0. The van der Waals surface area contributed by atoms with Crippen molar-refractivity contribution in [3.63, 3.8) is 0 Å². The first-order valence-corrected chi connectivity index (χ1v) is 6.91. The van der Waals surface area contributed by atoms with E-state index in [9.17, 15) is 0 Å². The van der Waals surface area contributed by atoms with Gasteiger partial charge in [-0.2, -0.15) is 0 Å². The van der Waals surface area contributed by atoms with Crippen LogP contribution in [0.4, 0.5) is 11.5 Å². The molecule has 1 aromatic carbocycles. The molecule has 0 aliphatic carbocycles. The molecular weight excluding hydrogens is 242 g/mol. The van der Waals surface area contributed by atoms with Crippen LogP contribution in [0.3, 0.4) is 0 Å². The van der Waals surface area contributed by atoms with Gasteiger partial charge in [0.25, 0.3) is 0 Å². The average molecular weight is 257 g/mol. The second-order valence-corrected chi connectivity index (χ2v) is 4.84. The van der Waals surface area contributed by atoms with Crippen molar-refractivity contribution < 1.29 is 0 Å². The van der Waals surface area contributed by atoms with Crippen molar-refractivity contribution in [1.29, 1.82) is 0 Å². The van der Waals surface area contributed by atoms with E-state index in [4.69, 9.17) is 0 Å². The second kappa shape index (κ2) is 5.78. The minimum Gasteiger partial charge on any atom is -0.236 e. The van der Waals surface area contributed by atoms with Crippen molar-refractivity contribution in [2.75, 3.05) is 6.26 Å². The third kappa shape index (κ3) is 2.96. The van der Waals surface area contributed by atoms with Crippen LogP contribution in [-0.2, 0) is 0 Å². The molecule has 0 amide bonds. The molecule has 92 valence electrons. The van der Waals surface area contributed by atoms with Gasteiger partial charge in [-0.3, -0.25) is 0 Å². The van der Waals surface area contributed by atoms with Gasteiger partial charge in [0.05, 0.1) is 5.69 Å². The van der Waals surface area contributed by atoms with E-state index >= 15 is 0 Å². The normalized spacial score (nSPS) is 11.1. The van der Waals surface area contributed by atoms with Crippen molar-refractivity contribution >= 4 is 23.3 Å². The van der Waals surface area contributed by atoms with Gasteiger partial charge in [0.15, 0.2) is 5.82 Å². The van der Waals surface area contributed by atoms with E-state index in [1.807, 2.05) is 24.3 Å². The van der Waals surface area contributed by atoms with E-state index in [1.54, 1.807) is 18.0 Å². The number of benzene rings is 1. The minimum atomic E-state index is 0.628. The molecule has 0 saturated heterocycles. The largest absolute Gasteiger partial charge is 0.236 e. The maximum atomic E-state index is 4.31. The molecule has 0 spiro atoms. The topological polar surface area (TPSA) is 37.6 Å². The zero-order valence-electron chi connectivity index (χ0n) is 10.7. The van der Waals surface area contributed by atoms with Crippen LogP contribution in [0.2, 0.25) is 0 Å². The smallest absolute Gasteiger partial charge is 0.174 e. The van der Waals surface area contributed by atoms with Crippen molar-refractivity contribution in [3.8, 4) is 0 Å². The molecule has 3 nitrogen and oxygen atoms in total. The molecule has 2 rings (SSSR count). The first kappa shape index (κ1) is 12.8. The number of aryl methyl sites for hydroxylation is 2. The Balaban J connectivity index is 2.37. The summed E-state index contributed by atoms with van der Waals surface area (Å²) in [5.74, 6) is 0.628. The zero-order valence-corrected chi connectivity index (χ0v) is 11.5. The standard InChI is InChI=1S/C14H15N3S/c1-10-8-11(2)14(18-3)12(9-10)16-17-13-6-4-5-7-15-13/h4-9H,1-3H3. The van der Waals surface area contributed by atoms with Crippen LogP contribution in [-0.4, -0.2) is 11.2 Å². The molecular formula is C14H15N3S. The summed E-state index contributed by atoms with van der Waals surface area (Å²) in [6, 6.07) is 9.81. The number of azo groups is 1. The SMILES string of the molecule is CSc1c(C)cc(C)cc1N=Nc1ccccn1. The van der Waals surface area contributed by atoms with E-state index in [0.29, 0.717) is 5.82 Å². The Labute approximate surface area is 111 Å². The first-order chi connectivity index (χ1) is 8.70. The molecule has 1 heterocycles. The van der Waals surface area contributed by atoms with Crippen LogP contribution in [0.25, 0.3) is 0 Å². The molecule has 4 heteroatoms. The average Bonchev–Trinajstić information content (AvgIpc) is 2.37. The van der Waals surface area contributed by atoms with E-state index in [1.165, 1.54) is 16.0 Å². The fraction of sp³-hybridized carbons (Fsp3) is 0.214. The Kier molecular flexibility index (Phi) is 4.10. The third-order valence-corrected chi connectivity index (χ3v) is 3.45. The van der Waals surface area contributed by atoms with E-state index in [-0.39, 0.29) is 0 Å². The summed E-state index contributed by atoms with van der Waals surface area (Å²) in [5.41, 5.74) is 3.34. The van der Waals surface area contributed by atoms with E-state index in [2.05, 4.69) is 41.4 Å². The minimum absolute atomic E-state index is 0.628. The van der Waals surface area contributed by atoms with Gasteiger partial charge < -0.3 is 0 Å². The summed E-state index contributed by atoms with van der Waals surface area (Å²) in [5, 5.41) is 8.48. The van der Waals surface area contributed by atoms with Gasteiger partial charge in [0.2, 0.25) is 0 Å². The highest BCUT2D eigenvalue weighted by atomic mass is 32.2. The fourth-order valence-electron chi connectivity index (χ4n) is 1.79. The Morgan fingerprint density at radius 2 is 1.94 bits per heavy atom. The van der Waals surface area contributed by atoms with Crippen LogP contribution < -0.4 is 0 Å². The lowest BCUT2D eigenvalue weighted by Crippen LogP contribution is -1.82. The Hall–Kier alpha value is -1.68. The van der Waals surface area contributed by atoms with Crippen LogP contribution >= 0.6 is 11.8 Å². The predicted molar refractivity (Wildman–Crippen MR) is 76.1 cm³/mol. The molecule has 0 saturated carbocycles. The predicted octanol–water partition coefficient (Wildman–Crippen LogP) is 4.84. The maximum Gasteiger partial charge on any atom is 0.174 e. The van der Waals surface area contributed by atoms with Crippen molar-refractivity contribution in [3.05, 3.63) is 47.7 Å². The lowest BCUT2D eigenvalue weighted by molar-refractivity contribution is 1.12. The molecule has 18 heavy (non-hydrogen) atoms. The molecule has 2 aromatic rings. The Morgan fingerprint density at radius 1 is 1.11 bits per heavy atom. The Morgan fingerprint density at radius 3 is 2.61 bits per heavy atom. The highest BCUT2D eigenvalue weighted by Gasteiger charge is 2.05. The lowest BCUT2D eigenvalue weighted by atomic mass is 10.1. The summed E-state index contributed by atoms with van der Waals surface area (Å²) < 4.78 is 0. The maximum absolute atomic E-state index is 4.31. The number of rotatable bonds is 3. The second-order valence-electron chi connectivity index (χ2n) is 4.02. The van der Waals surface area contributed by atoms with Crippen molar-refractivity contribution in [2.45, 2.75) is 18.7 Å². The highest BCUT2D eigenvalue weighted by molar-refractivity contribution is 7.98. The quantitative estimate of drug-likeness (QED) is 0.583. The number of thioether (sulfide) groups is 1. The summed E-state index contributed by atoms with van der Waals surface area (Å²) in [4.78, 5) is 5.29. The molecule has 1 aromatic heterocycles. The van der Waals surface area contributed by atoms with Crippen molar-refractivity contribution in [1.82, 2.24) is 4.98 Å². The Bertz CT molecular complexity index is 565. The summed E-state index contributed by atoms with van der Waals surface area (Å²) in [7, 11) is 0.